The summed E-state index contributed by atoms with van der Waals surface area (Å²) in [6, 6.07) is 10.2. The molecule has 1 amide bonds. The highest BCUT2D eigenvalue weighted by atomic mass is 35.5. The number of nitrogen functional groups attached to an aromatic ring is 1. The lowest BCUT2D eigenvalue weighted by atomic mass is 10.1. The van der Waals surface area contributed by atoms with Gasteiger partial charge in [-0.1, -0.05) is 11.6 Å². The smallest absolute Gasteiger partial charge is 0.257 e. The van der Waals surface area contributed by atoms with Crippen LogP contribution in [0.4, 0.5) is 11.4 Å². The highest BCUT2D eigenvalue weighted by Crippen LogP contribution is 2.23. The summed E-state index contributed by atoms with van der Waals surface area (Å²) in [4.78, 5) is 12.2. The van der Waals surface area contributed by atoms with E-state index in [2.05, 4.69) is 5.32 Å². The molecule has 0 spiro atoms. The van der Waals surface area contributed by atoms with Crippen LogP contribution in [-0.4, -0.2) is 13.0 Å². The average molecular weight is 291 g/mol. The number of amides is 1. The van der Waals surface area contributed by atoms with Gasteiger partial charge in [0, 0.05) is 11.4 Å². The number of hydrogen-bond acceptors (Lipinski definition) is 3. The molecular weight excluding hydrogens is 276 g/mol. The standard InChI is InChI=1S/C15H15ClN2O2/c1-9-7-11(4-6-14(9)20-2)18-15(19)12-8-10(17)3-5-13(12)16/h3-8H,17H2,1-2H3,(H,18,19). The van der Waals surface area contributed by atoms with Crippen molar-refractivity contribution in [3.05, 3.63) is 52.5 Å². The zero-order valence-corrected chi connectivity index (χ0v) is 12.0. The van der Waals surface area contributed by atoms with Crippen LogP contribution in [0.15, 0.2) is 36.4 Å². The maximum Gasteiger partial charge on any atom is 0.257 e. The molecule has 0 aliphatic rings. The fourth-order valence-electron chi connectivity index (χ4n) is 1.87. The van der Waals surface area contributed by atoms with E-state index in [1.165, 1.54) is 0 Å². The summed E-state index contributed by atoms with van der Waals surface area (Å²) in [7, 11) is 1.60. The highest BCUT2D eigenvalue weighted by Gasteiger charge is 2.11. The minimum absolute atomic E-state index is 0.299. The molecule has 0 radical (unpaired) electrons. The molecule has 0 aliphatic heterocycles. The third-order valence-electron chi connectivity index (χ3n) is 2.89. The SMILES string of the molecule is COc1ccc(NC(=O)c2cc(N)ccc2Cl)cc1C. The quantitative estimate of drug-likeness (QED) is 0.851. The van der Waals surface area contributed by atoms with Crippen LogP contribution in [0.2, 0.25) is 5.02 Å². The van der Waals surface area contributed by atoms with Crippen LogP contribution in [0, 0.1) is 6.92 Å². The fourth-order valence-corrected chi connectivity index (χ4v) is 2.07. The first kappa shape index (κ1) is 14.2. The summed E-state index contributed by atoms with van der Waals surface area (Å²) in [5.41, 5.74) is 8.11. The molecule has 104 valence electrons. The lowest BCUT2D eigenvalue weighted by molar-refractivity contribution is 0.102. The number of methoxy groups -OCH3 is 1. The lowest BCUT2D eigenvalue weighted by Gasteiger charge is -2.10. The number of hydrogen-bond donors (Lipinski definition) is 2. The summed E-state index contributed by atoms with van der Waals surface area (Å²) in [5, 5.41) is 3.15. The molecule has 0 unspecified atom stereocenters. The van der Waals surface area contributed by atoms with E-state index in [0.29, 0.717) is 22.0 Å². The molecule has 3 N–H and O–H groups in total. The Bertz CT molecular complexity index is 656. The molecule has 4 nitrogen and oxygen atoms in total. The van der Waals surface area contributed by atoms with Crippen LogP contribution < -0.4 is 15.8 Å². The molecule has 2 aromatic rings. The van der Waals surface area contributed by atoms with E-state index in [1.807, 2.05) is 13.0 Å². The predicted molar refractivity (Wildman–Crippen MR) is 81.5 cm³/mol. The van der Waals surface area contributed by atoms with Gasteiger partial charge in [-0.25, -0.2) is 0 Å². The molecule has 5 heteroatoms. The molecule has 2 aromatic carbocycles. The van der Waals surface area contributed by atoms with Crippen molar-refractivity contribution in [2.24, 2.45) is 0 Å². The molecule has 0 heterocycles. The molecule has 0 atom stereocenters. The van der Waals surface area contributed by atoms with Gasteiger partial charge >= 0.3 is 0 Å². The Morgan fingerprint density at radius 2 is 2.00 bits per heavy atom. The molecule has 0 aliphatic carbocycles. The topological polar surface area (TPSA) is 64.3 Å². The van der Waals surface area contributed by atoms with E-state index in [4.69, 9.17) is 22.1 Å². The Morgan fingerprint density at radius 3 is 2.65 bits per heavy atom. The van der Waals surface area contributed by atoms with Gasteiger partial charge in [-0.2, -0.15) is 0 Å². The Labute approximate surface area is 122 Å². The Morgan fingerprint density at radius 1 is 1.25 bits per heavy atom. The van der Waals surface area contributed by atoms with Crippen LogP contribution in [0.5, 0.6) is 5.75 Å². The van der Waals surface area contributed by atoms with Crippen molar-refractivity contribution in [3.63, 3.8) is 0 Å². The number of nitrogens with two attached hydrogens (primary N) is 1. The summed E-state index contributed by atoms with van der Waals surface area (Å²) < 4.78 is 5.17. The molecule has 2 rings (SSSR count). The second-order valence-corrected chi connectivity index (χ2v) is 4.79. The maximum absolute atomic E-state index is 12.2. The van der Waals surface area contributed by atoms with Crippen molar-refractivity contribution in [2.75, 3.05) is 18.2 Å². The summed E-state index contributed by atoms with van der Waals surface area (Å²) in [5.74, 6) is 0.469. The predicted octanol–water partition coefficient (Wildman–Crippen LogP) is 3.49. The summed E-state index contributed by atoms with van der Waals surface area (Å²) >= 11 is 6.00. The van der Waals surface area contributed by atoms with Crippen LogP contribution >= 0.6 is 11.6 Å². The third kappa shape index (κ3) is 3.03. The molecule has 0 fully saturated rings. The van der Waals surface area contributed by atoms with Crippen LogP contribution in [0.25, 0.3) is 0 Å². The molecule has 0 aromatic heterocycles. The van der Waals surface area contributed by atoms with Gasteiger partial charge in [0.1, 0.15) is 5.75 Å². The molecular formula is C15H15ClN2O2. The minimum atomic E-state index is -0.299. The Kier molecular flexibility index (Phi) is 4.15. The van der Waals surface area contributed by atoms with Gasteiger partial charge in [0.05, 0.1) is 17.7 Å². The first-order valence-corrected chi connectivity index (χ1v) is 6.40. The number of carbonyl (C=O) groups excluding carboxylic acids is 1. The molecule has 0 saturated carbocycles. The molecule has 20 heavy (non-hydrogen) atoms. The summed E-state index contributed by atoms with van der Waals surface area (Å²) in [6.07, 6.45) is 0. The van der Waals surface area contributed by atoms with Crippen molar-refractivity contribution in [2.45, 2.75) is 6.92 Å². The van der Waals surface area contributed by atoms with E-state index in [1.54, 1.807) is 37.4 Å². The van der Waals surface area contributed by atoms with Gasteiger partial charge in [0.25, 0.3) is 5.91 Å². The minimum Gasteiger partial charge on any atom is -0.496 e. The van der Waals surface area contributed by atoms with Crippen LogP contribution in [-0.2, 0) is 0 Å². The van der Waals surface area contributed by atoms with E-state index in [9.17, 15) is 4.79 Å². The number of ether oxygens (including phenoxy) is 1. The normalized spacial score (nSPS) is 10.2. The van der Waals surface area contributed by atoms with E-state index >= 15 is 0 Å². The number of benzene rings is 2. The largest absolute Gasteiger partial charge is 0.496 e. The van der Waals surface area contributed by atoms with Crippen LogP contribution in [0.3, 0.4) is 0 Å². The highest BCUT2D eigenvalue weighted by molar-refractivity contribution is 6.34. The first-order valence-electron chi connectivity index (χ1n) is 6.02. The van der Waals surface area contributed by atoms with Gasteiger partial charge in [-0.05, 0) is 48.9 Å². The van der Waals surface area contributed by atoms with Crippen molar-refractivity contribution in [1.82, 2.24) is 0 Å². The number of halogens is 1. The summed E-state index contributed by atoms with van der Waals surface area (Å²) in [6.45, 7) is 1.90. The van der Waals surface area contributed by atoms with Gasteiger partial charge in [-0.15, -0.1) is 0 Å². The second-order valence-electron chi connectivity index (χ2n) is 4.38. The van der Waals surface area contributed by atoms with Gasteiger partial charge < -0.3 is 15.8 Å². The van der Waals surface area contributed by atoms with Crippen molar-refractivity contribution in [3.8, 4) is 5.75 Å². The average Bonchev–Trinajstić information content (AvgIpc) is 2.41. The maximum atomic E-state index is 12.2. The molecule has 0 saturated heterocycles. The zero-order valence-electron chi connectivity index (χ0n) is 11.2. The number of anilines is 2. The van der Waals surface area contributed by atoms with Crippen molar-refractivity contribution in [1.29, 1.82) is 0 Å². The lowest BCUT2D eigenvalue weighted by Crippen LogP contribution is -2.13. The van der Waals surface area contributed by atoms with Crippen molar-refractivity contribution >= 4 is 28.9 Å². The monoisotopic (exact) mass is 290 g/mol. The zero-order chi connectivity index (χ0) is 14.7. The van der Waals surface area contributed by atoms with Gasteiger partial charge in [0.2, 0.25) is 0 Å². The number of rotatable bonds is 3. The third-order valence-corrected chi connectivity index (χ3v) is 3.22. The van der Waals surface area contributed by atoms with Crippen molar-refractivity contribution < 1.29 is 9.53 Å². The van der Waals surface area contributed by atoms with Gasteiger partial charge in [0.15, 0.2) is 0 Å². The fraction of sp³-hybridized carbons (Fsp3) is 0.133. The van der Waals surface area contributed by atoms with E-state index in [-0.39, 0.29) is 5.91 Å². The van der Waals surface area contributed by atoms with Crippen LogP contribution in [0.1, 0.15) is 15.9 Å². The number of aryl methyl sites for hydroxylation is 1. The number of carbonyl (C=O) groups is 1. The van der Waals surface area contributed by atoms with E-state index in [0.717, 1.165) is 11.3 Å². The van der Waals surface area contributed by atoms with E-state index < -0.39 is 0 Å². The first-order chi connectivity index (χ1) is 9.51. The Balaban J connectivity index is 2.23. The Hall–Kier alpha value is -2.20. The number of nitrogens with one attached hydrogen (secondary N) is 1. The molecule has 0 bridgehead atoms. The van der Waals surface area contributed by atoms with Gasteiger partial charge in [-0.3, -0.25) is 4.79 Å². The second kappa shape index (κ2) is 5.84.